The number of amides is 1. The highest BCUT2D eigenvalue weighted by Gasteiger charge is 2.07. The third-order valence-corrected chi connectivity index (χ3v) is 4.54. The molecule has 0 spiro atoms. The Morgan fingerprint density at radius 2 is 1.37 bits per heavy atom. The average Bonchev–Trinajstić information content (AvgIpc) is 2.69. The zero-order valence-electron chi connectivity index (χ0n) is 16.4. The Kier molecular flexibility index (Phi) is 10.0. The van der Waals surface area contributed by atoms with Gasteiger partial charge in [0.25, 0.3) is 0 Å². The van der Waals surface area contributed by atoms with Crippen LogP contribution < -0.4 is 5.32 Å². The van der Waals surface area contributed by atoms with Crippen LogP contribution in [0.4, 0.5) is 4.79 Å². The van der Waals surface area contributed by atoms with Crippen molar-refractivity contribution < 1.29 is 9.53 Å². The number of alkyl carbamates (subject to hydrolysis) is 1. The summed E-state index contributed by atoms with van der Waals surface area (Å²) in [5.41, 5.74) is 2.76. The first-order valence-corrected chi connectivity index (χ1v) is 9.98. The molecule has 4 nitrogen and oxygen atoms in total. The highest BCUT2D eigenvalue weighted by molar-refractivity contribution is 5.66. The van der Waals surface area contributed by atoms with Gasteiger partial charge >= 0.3 is 6.09 Å². The number of nitrogens with one attached hydrogen (secondary N) is 1. The van der Waals surface area contributed by atoms with Gasteiger partial charge in [0.05, 0.1) is 6.61 Å². The van der Waals surface area contributed by atoms with Gasteiger partial charge in [-0.2, -0.15) is 0 Å². The molecule has 0 unspecified atom stereocenters. The van der Waals surface area contributed by atoms with Crippen LogP contribution in [0.3, 0.4) is 0 Å². The fourth-order valence-corrected chi connectivity index (χ4v) is 3.14. The summed E-state index contributed by atoms with van der Waals surface area (Å²) in [6.07, 6.45) is 4.08. The predicted molar refractivity (Wildman–Crippen MR) is 111 cm³/mol. The highest BCUT2D eigenvalue weighted by atomic mass is 16.5. The monoisotopic (exact) mass is 368 g/mol. The van der Waals surface area contributed by atoms with E-state index in [2.05, 4.69) is 70.9 Å². The van der Waals surface area contributed by atoms with E-state index in [1.54, 1.807) is 0 Å². The molecule has 0 atom stereocenters. The Morgan fingerprint density at radius 3 is 1.85 bits per heavy atom. The minimum atomic E-state index is -0.328. The van der Waals surface area contributed by atoms with Crippen molar-refractivity contribution in [3.05, 3.63) is 71.8 Å². The van der Waals surface area contributed by atoms with Gasteiger partial charge in [0, 0.05) is 13.1 Å². The molecule has 0 saturated carbocycles. The van der Waals surface area contributed by atoms with Crippen LogP contribution in [-0.4, -0.2) is 43.8 Å². The van der Waals surface area contributed by atoms with Crippen LogP contribution in [0.15, 0.2) is 60.7 Å². The van der Waals surface area contributed by atoms with Gasteiger partial charge < -0.3 is 15.0 Å². The Labute approximate surface area is 163 Å². The number of hydrogen-bond donors (Lipinski definition) is 1. The largest absolute Gasteiger partial charge is 0.450 e. The molecule has 0 saturated heterocycles. The third kappa shape index (κ3) is 9.25. The molecule has 0 aromatic heterocycles. The smallest absolute Gasteiger partial charge is 0.407 e. The first-order chi connectivity index (χ1) is 13.3. The molecule has 27 heavy (non-hydrogen) atoms. The topological polar surface area (TPSA) is 41.6 Å². The van der Waals surface area contributed by atoms with Crippen molar-refractivity contribution in [3.63, 3.8) is 0 Å². The lowest BCUT2D eigenvalue weighted by atomic mass is 10.1. The van der Waals surface area contributed by atoms with Crippen molar-refractivity contribution in [2.75, 3.05) is 32.8 Å². The quantitative estimate of drug-likeness (QED) is 0.607. The van der Waals surface area contributed by atoms with Crippen molar-refractivity contribution in [3.8, 4) is 0 Å². The molecule has 2 rings (SSSR count). The molecule has 2 aromatic rings. The van der Waals surface area contributed by atoms with E-state index >= 15 is 0 Å². The molecule has 0 radical (unpaired) electrons. The third-order valence-electron chi connectivity index (χ3n) is 4.54. The standard InChI is InChI=1S/C23H32N2O2/c1-2-27-23(26)24-17-20-25(18-9-15-21-11-5-3-6-12-21)19-10-16-22-13-7-4-8-14-22/h3-8,11-14H,2,9-10,15-20H2,1H3,(H,24,26). The first-order valence-electron chi connectivity index (χ1n) is 9.98. The number of benzene rings is 2. The molecule has 146 valence electrons. The maximum atomic E-state index is 11.5. The lowest BCUT2D eigenvalue weighted by molar-refractivity contribution is 0.150. The Balaban J connectivity index is 1.74. The van der Waals surface area contributed by atoms with E-state index < -0.39 is 0 Å². The fourth-order valence-electron chi connectivity index (χ4n) is 3.14. The van der Waals surface area contributed by atoms with Crippen molar-refractivity contribution in [2.45, 2.75) is 32.6 Å². The average molecular weight is 369 g/mol. The molecule has 0 bridgehead atoms. The van der Waals surface area contributed by atoms with Gasteiger partial charge in [0.1, 0.15) is 0 Å². The van der Waals surface area contributed by atoms with Crippen molar-refractivity contribution >= 4 is 6.09 Å². The molecule has 0 fully saturated rings. The van der Waals surface area contributed by atoms with Gasteiger partial charge in [-0.25, -0.2) is 4.79 Å². The van der Waals surface area contributed by atoms with E-state index in [1.165, 1.54) is 11.1 Å². The van der Waals surface area contributed by atoms with E-state index in [4.69, 9.17) is 4.74 Å². The summed E-state index contributed by atoms with van der Waals surface area (Å²) in [5, 5.41) is 2.83. The maximum absolute atomic E-state index is 11.5. The van der Waals surface area contributed by atoms with Crippen LogP contribution in [0.1, 0.15) is 30.9 Å². The van der Waals surface area contributed by atoms with Crippen molar-refractivity contribution in [1.82, 2.24) is 10.2 Å². The van der Waals surface area contributed by atoms with Gasteiger partial charge in [-0.1, -0.05) is 60.7 Å². The van der Waals surface area contributed by atoms with E-state index in [9.17, 15) is 4.79 Å². The molecular weight excluding hydrogens is 336 g/mol. The minimum absolute atomic E-state index is 0.328. The summed E-state index contributed by atoms with van der Waals surface area (Å²) in [5.74, 6) is 0. The molecule has 2 aromatic carbocycles. The second kappa shape index (κ2) is 12.9. The number of carbonyl (C=O) groups is 1. The number of ether oxygens (including phenoxy) is 1. The normalized spacial score (nSPS) is 10.7. The zero-order chi connectivity index (χ0) is 19.2. The Morgan fingerprint density at radius 1 is 0.852 bits per heavy atom. The predicted octanol–water partition coefficient (Wildman–Crippen LogP) is 4.30. The lowest BCUT2D eigenvalue weighted by Crippen LogP contribution is -2.36. The summed E-state index contributed by atoms with van der Waals surface area (Å²) in [6.45, 7) is 5.77. The van der Waals surface area contributed by atoms with Gasteiger partial charge in [-0.05, 0) is 56.8 Å². The summed E-state index contributed by atoms with van der Waals surface area (Å²) >= 11 is 0. The van der Waals surface area contributed by atoms with Crippen LogP contribution in [-0.2, 0) is 17.6 Å². The highest BCUT2D eigenvalue weighted by Crippen LogP contribution is 2.06. The molecule has 1 N–H and O–H groups in total. The number of nitrogens with zero attached hydrogens (tertiary/aromatic N) is 1. The van der Waals surface area contributed by atoms with Crippen LogP contribution in [0.2, 0.25) is 0 Å². The number of rotatable bonds is 12. The van der Waals surface area contributed by atoms with E-state index in [1.807, 2.05) is 6.92 Å². The van der Waals surface area contributed by atoms with E-state index in [0.717, 1.165) is 45.3 Å². The second-order valence-electron chi connectivity index (χ2n) is 6.67. The fraction of sp³-hybridized carbons (Fsp3) is 0.435. The zero-order valence-corrected chi connectivity index (χ0v) is 16.4. The maximum Gasteiger partial charge on any atom is 0.407 e. The van der Waals surface area contributed by atoms with Gasteiger partial charge in [-0.15, -0.1) is 0 Å². The second-order valence-corrected chi connectivity index (χ2v) is 6.67. The Bertz CT molecular complexity index is 586. The SMILES string of the molecule is CCOC(=O)NCCN(CCCc1ccccc1)CCCc1ccccc1. The summed E-state index contributed by atoms with van der Waals surface area (Å²) in [7, 11) is 0. The van der Waals surface area contributed by atoms with Crippen molar-refractivity contribution in [2.24, 2.45) is 0 Å². The van der Waals surface area contributed by atoms with Crippen LogP contribution in [0.25, 0.3) is 0 Å². The molecule has 0 heterocycles. The molecule has 0 aliphatic carbocycles. The van der Waals surface area contributed by atoms with Gasteiger partial charge in [0.2, 0.25) is 0 Å². The first kappa shape index (κ1) is 21.0. The van der Waals surface area contributed by atoms with Gasteiger partial charge in [-0.3, -0.25) is 0 Å². The van der Waals surface area contributed by atoms with Crippen LogP contribution in [0.5, 0.6) is 0 Å². The molecular formula is C23H32N2O2. The summed E-state index contributed by atoms with van der Waals surface area (Å²) in [6, 6.07) is 21.2. The molecule has 0 aliphatic rings. The molecule has 4 heteroatoms. The van der Waals surface area contributed by atoms with Crippen LogP contribution >= 0.6 is 0 Å². The van der Waals surface area contributed by atoms with Gasteiger partial charge in [0.15, 0.2) is 0 Å². The summed E-state index contributed by atoms with van der Waals surface area (Å²) in [4.78, 5) is 13.9. The van der Waals surface area contributed by atoms with E-state index in [-0.39, 0.29) is 6.09 Å². The number of carbonyl (C=O) groups excluding carboxylic acids is 1. The minimum Gasteiger partial charge on any atom is -0.450 e. The van der Waals surface area contributed by atoms with Crippen molar-refractivity contribution in [1.29, 1.82) is 0 Å². The number of hydrogen-bond acceptors (Lipinski definition) is 3. The molecule has 0 aliphatic heterocycles. The molecule has 1 amide bonds. The Hall–Kier alpha value is -2.33. The summed E-state index contributed by atoms with van der Waals surface area (Å²) < 4.78 is 4.93. The lowest BCUT2D eigenvalue weighted by Gasteiger charge is -2.22. The van der Waals surface area contributed by atoms with Crippen LogP contribution in [0, 0.1) is 0 Å². The van der Waals surface area contributed by atoms with E-state index in [0.29, 0.717) is 13.2 Å². The number of aryl methyl sites for hydroxylation is 2.